The van der Waals surface area contributed by atoms with Gasteiger partial charge in [-0.15, -0.1) is 0 Å². The van der Waals surface area contributed by atoms with Gasteiger partial charge >= 0.3 is 0 Å². The highest BCUT2D eigenvalue weighted by Crippen LogP contribution is 2.31. The number of carbonyl (C=O) groups is 1. The van der Waals surface area contributed by atoms with Crippen LogP contribution in [0, 0.1) is 11.3 Å². The number of carbonyl (C=O) groups excluding carboxylic acids is 1. The molecule has 1 aromatic rings. The van der Waals surface area contributed by atoms with Crippen LogP contribution in [0.25, 0.3) is 6.08 Å². The monoisotopic (exact) mass is 370 g/mol. The van der Waals surface area contributed by atoms with E-state index in [1.54, 1.807) is 0 Å². The minimum absolute atomic E-state index is 0.175. The highest BCUT2D eigenvalue weighted by Gasteiger charge is 2.28. The molecule has 0 unspecified atom stereocenters. The van der Waals surface area contributed by atoms with E-state index < -0.39 is 0 Å². The smallest absolute Gasteiger partial charge is 0.286 e. The van der Waals surface area contributed by atoms with E-state index in [0.29, 0.717) is 17.9 Å². The van der Waals surface area contributed by atoms with Crippen molar-refractivity contribution in [2.45, 2.75) is 13.3 Å². The maximum Gasteiger partial charge on any atom is 0.286 e. The molecule has 1 saturated heterocycles. The van der Waals surface area contributed by atoms with Crippen LogP contribution in [0.3, 0.4) is 0 Å². The van der Waals surface area contributed by atoms with Crippen molar-refractivity contribution in [3.05, 3.63) is 34.7 Å². The minimum atomic E-state index is -0.175. The number of amides is 1. The average Bonchev–Trinajstić information content (AvgIpc) is 3.03. The first-order valence-electron chi connectivity index (χ1n) is 8.79. The third-order valence-electron chi connectivity index (χ3n) is 4.28. The van der Waals surface area contributed by atoms with Gasteiger partial charge in [0, 0.05) is 39.1 Å². The van der Waals surface area contributed by atoms with Crippen LogP contribution in [0.4, 0.5) is 0 Å². The molecule has 0 bridgehead atoms. The number of rotatable bonds is 5. The SMILES string of the molecule is CCOc1ccc(/C=C2/SC(N3CCN(CCC#N)CC3)=NC2=O)cc1. The minimum Gasteiger partial charge on any atom is -0.494 e. The summed E-state index contributed by atoms with van der Waals surface area (Å²) in [6.07, 6.45) is 2.44. The highest BCUT2D eigenvalue weighted by atomic mass is 32.2. The number of hydrogen-bond acceptors (Lipinski definition) is 6. The quantitative estimate of drug-likeness (QED) is 0.742. The molecule has 0 saturated carbocycles. The van der Waals surface area contributed by atoms with Crippen molar-refractivity contribution in [1.29, 1.82) is 5.26 Å². The van der Waals surface area contributed by atoms with Gasteiger partial charge in [0.05, 0.1) is 17.6 Å². The van der Waals surface area contributed by atoms with Crippen molar-refractivity contribution in [2.75, 3.05) is 39.3 Å². The molecule has 2 aliphatic heterocycles. The number of aliphatic imine (C=N–C) groups is 1. The van der Waals surface area contributed by atoms with Crippen LogP contribution < -0.4 is 4.74 Å². The fourth-order valence-corrected chi connectivity index (χ4v) is 3.85. The number of benzene rings is 1. The van der Waals surface area contributed by atoms with Gasteiger partial charge in [0.2, 0.25) is 0 Å². The number of hydrogen-bond donors (Lipinski definition) is 0. The summed E-state index contributed by atoms with van der Waals surface area (Å²) in [6.45, 7) is 6.86. The predicted molar refractivity (Wildman–Crippen MR) is 104 cm³/mol. The van der Waals surface area contributed by atoms with Crippen LogP contribution >= 0.6 is 11.8 Å². The first-order valence-corrected chi connectivity index (χ1v) is 9.61. The third kappa shape index (κ3) is 4.65. The molecule has 0 radical (unpaired) electrons. The summed E-state index contributed by atoms with van der Waals surface area (Å²) in [4.78, 5) is 21.5. The lowest BCUT2D eigenvalue weighted by Gasteiger charge is -2.34. The number of ether oxygens (including phenoxy) is 1. The van der Waals surface area contributed by atoms with Gasteiger partial charge in [-0.25, -0.2) is 0 Å². The summed E-state index contributed by atoms with van der Waals surface area (Å²) >= 11 is 1.44. The molecule has 2 heterocycles. The Kier molecular flexibility index (Phi) is 6.31. The molecular formula is C19H22N4O2S. The normalized spacial score (nSPS) is 19.5. The Morgan fingerprint density at radius 2 is 2.00 bits per heavy atom. The summed E-state index contributed by atoms with van der Waals surface area (Å²) in [7, 11) is 0. The molecule has 1 amide bonds. The molecular weight excluding hydrogens is 348 g/mol. The molecule has 6 nitrogen and oxygen atoms in total. The first-order chi connectivity index (χ1) is 12.7. The number of amidine groups is 1. The van der Waals surface area contributed by atoms with E-state index in [-0.39, 0.29) is 5.91 Å². The van der Waals surface area contributed by atoms with Crippen LogP contribution in [-0.2, 0) is 4.79 Å². The second-order valence-electron chi connectivity index (χ2n) is 6.05. The molecule has 7 heteroatoms. The standard InChI is InChI=1S/C19H22N4O2S/c1-2-25-16-6-4-15(5-7-16)14-17-18(24)21-19(26-17)23-12-10-22(11-13-23)9-3-8-20/h4-7,14H,2-3,9-13H2,1H3/b17-14+. The summed E-state index contributed by atoms with van der Waals surface area (Å²) in [5, 5.41) is 9.47. The number of piperazine rings is 1. The van der Waals surface area contributed by atoms with Crippen LogP contribution in [0.5, 0.6) is 5.75 Å². The van der Waals surface area contributed by atoms with E-state index >= 15 is 0 Å². The predicted octanol–water partition coefficient (Wildman–Crippen LogP) is 2.59. The second-order valence-corrected chi connectivity index (χ2v) is 7.06. The van der Waals surface area contributed by atoms with Crippen LogP contribution in [0.1, 0.15) is 18.9 Å². The summed E-state index contributed by atoms with van der Waals surface area (Å²) in [6, 6.07) is 9.88. The zero-order valence-corrected chi connectivity index (χ0v) is 15.7. The van der Waals surface area contributed by atoms with Crippen molar-refractivity contribution < 1.29 is 9.53 Å². The Labute approximate surface area is 158 Å². The van der Waals surface area contributed by atoms with Crippen molar-refractivity contribution in [1.82, 2.24) is 9.80 Å². The Morgan fingerprint density at radius 3 is 2.65 bits per heavy atom. The maximum absolute atomic E-state index is 12.2. The maximum atomic E-state index is 12.2. The van der Waals surface area contributed by atoms with Gasteiger partial charge in [-0.3, -0.25) is 9.69 Å². The van der Waals surface area contributed by atoms with Gasteiger partial charge in [0.25, 0.3) is 5.91 Å². The number of nitriles is 1. The Morgan fingerprint density at radius 1 is 1.27 bits per heavy atom. The molecule has 0 atom stereocenters. The third-order valence-corrected chi connectivity index (χ3v) is 5.33. The van der Waals surface area contributed by atoms with E-state index in [1.807, 2.05) is 37.3 Å². The highest BCUT2D eigenvalue weighted by molar-refractivity contribution is 8.18. The van der Waals surface area contributed by atoms with Crippen molar-refractivity contribution in [3.63, 3.8) is 0 Å². The molecule has 2 aliphatic rings. The molecule has 1 aromatic carbocycles. The van der Waals surface area contributed by atoms with Crippen molar-refractivity contribution in [2.24, 2.45) is 4.99 Å². The van der Waals surface area contributed by atoms with E-state index in [4.69, 9.17) is 10.00 Å². The molecule has 26 heavy (non-hydrogen) atoms. The first kappa shape index (κ1) is 18.5. The van der Waals surface area contributed by atoms with Gasteiger partial charge in [-0.05, 0) is 42.5 Å². The van der Waals surface area contributed by atoms with E-state index in [2.05, 4.69) is 20.9 Å². The van der Waals surface area contributed by atoms with E-state index in [1.165, 1.54) is 11.8 Å². The van der Waals surface area contributed by atoms with Crippen LogP contribution in [0.15, 0.2) is 34.2 Å². The summed E-state index contributed by atoms with van der Waals surface area (Å²) < 4.78 is 5.44. The molecule has 0 N–H and O–H groups in total. The molecule has 136 valence electrons. The largest absolute Gasteiger partial charge is 0.494 e. The Hall–Kier alpha value is -2.30. The zero-order valence-electron chi connectivity index (χ0n) is 14.9. The fourth-order valence-electron chi connectivity index (χ4n) is 2.88. The summed E-state index contributed by atoms with van der Waals surface area (Å²) in [5.41, 5.74) is 0.960. The molecule has 0 aromatic heterocycles. The van der Waals surface area contributed by atoms with E-state index in [9.17, 15) is 4.79 Å². The van der Waals surface area contributed by atoms with E-state index in [0.717, 1.165) is 49.2 Å². The van der Waals surface area contributed by atoms with Gasteiger partial charge in [0.15, 0.2) is 5.17 Å². The molecule has 3 rings (SSSR count). The lowest BCUT2D eigenvalue weighted by Crippen LogP contribution is -2.47. The molecule has 0 spiro atoms. The van der Waals surface area contributed by atoms with Gasteiger partial charge in [0.1, 0.15) is 5.75 Å². The topological polar surface area (TPSA) is 68.9 Å². The van der Waals surface area contributed by atoms with Gasteiger partial charge < -0.3 is 9.64 Å². The van der Waals surface area contributed by atoms with Crippen LogP contribution in [0.2, 0.25) is 0 Å². The second kappa shape index (κ2) is 8.88. The lowest BCUT2D eigenvalue weighted by molar-refractivity contribution is -0.113. The Bertz CT molecular complexity index is 744. The molecule has 1 fully saturated rings. The van der Waals surface area contributed by atoms with Crippen molar-refractivity contribution >= 4 is 28.9 Å². The average molecular weight is 370 g/mol. The van der Waals surface area contributed by atoms with Crippen LogP contribution in [-0.4, -0.2) is 60.2 Å². The Balaban J connectivity index is 1.58. The van der Waals surface area contributed by atoms with Gasteiger partial charge in [-0.1, -0.05) is 12.1 Å². The number of thioether (sulfide) groups is 1. The van der Waals surface area contributed by atoms with Crippen molar-refractivity contribution in [3.8, 4) is 11.8 Å². The molecule has 0 aliphatic carbocycles. The lowest BCUT2D eigenvalue weighted by atomic mass is 10.2. The number of nitrogens with zero attached hydrogens (tertiary/aromatic N) is 4. The van der Waals surface area contributed by atoms with Gasteiger partial charge in [-0.2, -0.15) is 10.3 Å². The zero-order chi connectivity index (χ0) is 18.4. The fraction of sp³-hybridized carbons (Fsp3) is 0.421. The summed E-state index contributed by atoms with van der Waals surface area (Å²) in [5.74, 6) is 0.650.